The fourth-order valence-electron chi connectivity index (χ4n) is 2.09. The van der Waals surface area contributed by atoms with Crippen LogP contribution in [-0.4, -0.2) is 26.3 Å². The molecule has 2 N–H and O–H groups in total. The highest BCUT2D eigenvalue weighted by molar-refractivity contribution is 7.85. The van der Waals surface area contributed by atoms with Gasteiger partial charge in [0, 0.05) is 4.90 Å². The molecule has 2 aromatic rings. The van der Waals surface area contributed by atoms with Crippen molar-refractivity contribution < 1.29 is 14.4 Å². The Kier molecular flexibility index (Phi) is 5.53. The Morgan fingerprint density at radius 1 is 1.10 bits per heavy atom. The summed E-state index contributed by atoms with van der Waals surface area (Å²) in [5, 5.41) is 19.7. The normalized spacial score (nSPS) is 13.8. The van der Waals surface area contributed by atoms with Gasteiger partial charge in [-0.25, -0.2) is 0 Å². The topological polar surface area (TPSA) is 57.5 Å². The monoisotopic (exact) mass is 304 g/mol. The second-order valence-corrected chi connectivity index (χ2v) is 6.64. The molecule has 0 saturated carbocycles. The molecule has 2 unspecified atom stereocenters. The van der Waals surface area contributed by atoms with Gasteiger partial charge in [0.1, 0.15) is 5.75 Å². The van der Waals surface area contributed by atoms with Crippen LogP contribution in [0, 0.1) is 6.92 Å². The van der Waals surface area contributed by atoms with Crippen LogP contribution < -0.4 is 0 Å². The van der Waals surface area contributed by atoms with Crippen LogP contribution in [0.5, 0.6) is 5.75 Å². The second-order valence-electron chi connectivity index (χ2n) is 5.15. The average molecular weight is 304 g/mol. The van der Waals surface area contributed by atoms with Crippen molar-refractivity contribution in [2.24, 2.45) is 0 Å². The molecule has 2 aromatic carbocycles. The predicted octanol–water partition coefficient (Wildman–Crippen LogP) is 2.80. The zero-order valence-corrected chi connectivity index (χ0v) is 12.8. The summed E-state index contributed by atoms with van der Waals surface area (Å²) < 4.78 is 12.1. The van der Waals surface area contributed by atoms with E-state index in [4.69, 9.17) is 0 Å². The lowest BCUT2D eigenvalue weighted by Crippen LogP contribution is -2.17. The van der Waals surface area contributed by atoms with Crippen molar-refractivity contribution in [3.8, 4) is 5.75 Å². The van der Waals surface area contributed by atoms with Gasteiger partial charge >= 0.3 is 0 Å². The predicted molar refractivity (Wildman–Crippen MR) is 84.9 cm³/mol. The number of rotatable bonds is 6. The van der Waals surface area contributed by atoms with E-state index < -0.39 is 16.9 Å². The van der Waals surface area contributed by atoms with Gasteiger partial charge in [0.15, 0.2) is 0 Å². The van der Waals surface area contributed by atoms with Crippen molar-refractivity contribution >= 4 is 10.8 Å². The summed E-state index contributed by atoms with van der Waals surface area (Å²) in [5.74, 6) is 0.459. The number of para-hydroxylation sites is 1. The molecule has 0 amide bonds. The molecule has 0 aliphatic rings. The van der Waals surface area contributed by atoms with Crippen molar-refractivity contribution in [3.05, 3.63) is 59.7 Å². The van der Waals surface area contributed by atoms with E-state index in [2.05, 4.69) is 0 Å². The molecule has 0 heterocycles. The van der Waals surface area contributed by atoms with Crippen LogP contribution in [0.2, 0.25) is 0 Å². The largest absolute Gasteiger partial charge is 0.508 e. The van der Waals surface area contributed by atoms with Crippen LogP contribution in [0.4, 0.5) is 0 Å². The molecule has 0 bridgehead atoms. The van der Waals surface area contributed by atoms with Crippen molar-refractivity contribution in [2.75, 3.05) is 5.75 Å². The first-order valence-electron chi connectivity index (χ1n) is 6.96. The second kappa shape index (κ2) is 7.38. The van der Waals surface area contributed by atoms with Crippen LogP contribution >= 0.6 is 0 Å². The van der Waals surface area contributed by atoms with Gasteiger partial charge in [0.25, 0.3) is 0 Å². The molecule has 0 aliphatic carbocycles. The molecule has 2 atom stereocenters. The van der Waals surface area contributed by atoms with Crippen molar-refractivity contribution in [2.45, 2.75) is 30.8 Å². The third kappa shape index (κ3) is 4.69. The first-order chi connectivity index (χ1) is 10.1. The van der Waals surface area contributed by atoms with Gasteiger partial charge in [0.05, 0.1) is 22.7 Å². The number of aryl methyl sites for hydroxylation is 2. The Morgan fingerprint density at radius 2 is 1.76 bits per heavy atom. The van der Waals surface area contributed by atoms with Gasteiger partial charge in [-0.05, 0) is 43.5 Å². The Labute approximate surface area is 127 Å². The molecule has 2 rings (SSSR count). The van der Waals surface area contributed by atoms with E-state index in [1.54, 1.807) is 12.1 Å². The first kappa shape index (κ1) is 15.7. The zero-order valence-electron chi connectivity index (χ0n) is 12.0. The third-order valence-electron chi connectivity index (χ3n) is 3.37. The zero-order chi connectivity index (χ0) is 15.2. The lowest BCUT2D eigenvalue weighted by molar-refractivity contribution is 0.188. The molecule has 0 spiro atoms. The Hall–Kier alpha value is -1.65. The molecule has 0 aromatic heterocycles. The number of benzene rings is 2. The van der Waals surface area contributed by atoms with Gasteiger partial charge in [0.2, 0.25) is 0 Å². The molecule has 0 aliphatic heterocycles. The summed E-state index contributed by atoms with van der Waals surface area (Å²) in [5.41, 5.74) is 1.92. The summed E-state index contributed by atoms with van der Waals surface area (Å²) in [6.45, 7) is 1.98. The maximum atomic E-state index is 12.1. The number of hydrogen-bond acceptors (Lipinski definition) is 3. The Bertz CT molecular complexity index is 608. The maximum Gasteiger partial charge on any atom is 0.118 e. The molecular formula is C17H20O3S. The quantitative estimate of drug-likeness (QED) is 0.863. The maximum absolute atomic E-state index is 12.1. The number of phenols is 1. The van der Waals surface area contributed by atoms with Crippen LogP contribution in [0.1, 0.15) is 17.5 Å². The van der Waals surface area contributed by atoms with Crippen molar-refractivity contribution in [1.29, 1.82) is 0 Å². The van der Waals surface area contributed by atoms with Gasteiger partial charge in [-0.1, -0.05) is 35.9 Å². The molecule has 112 valence electrons. The highest BCUT2D eigenvalue weighted by Crippen LogP contribution is 2.18. The number of aliphatic hydroxyl groups is 1. The lowest BCUT2D eigenvalue weighted by atomic mass is 10.1. The smallest absolute Gasteiger partial charge is 0.118 e. The molecule has 0 fully saturated rings. The summed E-state index contributed by atoms with van der Waals surface area (Å²) >= 11 is 0. The minimum Gasteiger partial charge on any atom is -0.508 e. The van der Waals surface area contributed by atoms with Crippen LogP contribution in [0.15, 0.2) is 53.4 Å². The molecule has 3 nitrogen and oxygen atoms in total. The lowest BCUT2D eigenvalue weighted by Gasteiger charge is -2.11. The van der Waals surface area contributed by atoms with E-state index in [1.165, 1.54) is 0 Å². The third-order valence-corrected chi connectivity index (χ3v) is 4.85. The first-order valence-corrected chi connectivity index (χ1v) is 8.28. The molecule has 4 heteroatoms. The number of aliphatic hydroxyl groups excluding tert-OH is 1. The van der Waals surface area contributed by atoms with E-state index >= 15 is 0 Å². The SMILES string of the molecule is Cc1ccc(S(=O)CC(O)CCc2ccccc2O)cc1. The van der Waals surface area contributed by atoms with E-state index in [0.717, 1.165) is 16.0 Å². The highest BCUT2D eigenvalue weighted by Gasteiger charge is 2.12. The van der Waals surface area contributed by atoms with E-state index in [-0.39, 0.29) is 11.5 Å². The van der Waals surface area contributed by atoms with E-state index in [0.29, 0.717) is 12.8 Å². The molecular weight excluding hydrogens is 284 g/mol. The number of aromatic hydroxyl groups is 1. The Balaban J connectivity index is 1.87. The summed E-state index contributed by atoms with van der Waals surface area (Å²) in [7, 11) is -1.20. The highest BCUT2D eigenvalue weighted by atomic mass is 32.2. The Morgan fingerprint density at radius 3 is 2.43 bits per heavy atom. The van der Waals surface area contributed by atoms with Gasteiger partial charge in [-0.15, -0.1) is 0 Å². The standard InChI is InChI=1S/C17H20O3S/c1-13-6-10-16(11-7-13)21(20)12-15(18)9-8-14-4-2-3-5-17(14)19/h2-7,10-11,15,18-19H,8-9,12H2,1H3. The molecule has 21 heavy (non-hydrogen) atoms. The van der Waals surface area contributed by atoms with Crippen molar-refractivity contribution in [1.82, 2.24) is 0 Å². The molecule has 0 saturated heterocycles. The van der Waals surface area contributed by atoms with Crippen LogP contribution in [0.3, 0.4) is 0 Å². The fourth-order valence-corrected chi connectivity index (χ4v) is 3.24. The van der Waals surface area contributed by atoms with E-state index in [1.807, 2.05) is 43.3 Å². The van der Waals surface area contributed by atoms with E-state index in [9.17, 15) is 14.4 Å². The number of phenolic OH excluding ortho intramolecular Hbond substituents is 1. The number of hydrogen-bond donors (Lipinski definition) is 2. The average Bonchev–Trinajstić information content (AvgIpc) is 2.47. The molecule has 0 radical (unpaired) electrons. The summed E-state index contributed by atoms with van der Waals surface area (Å²) in [4.78, 5) is 0.738. The van der Waals surface area contributed by atoms with Crippen molar-refractivity contribution in [3.63, 3.8) is 0 Å². The fraction of sp³-hybridized carbons (Fsp3) is 0.294. The van der Waals surface area contributed by atoms with Crippen LogP contribution in [0.25, 0.3) is 0 Å². The van der Waals surface area contributed by atoms with Gasteiger partial charge in [-0.2, -0.15) is 0 Å². The summed E-state index contributed by atoms with van der Waals surface area (Å²) in [6, 6.07) is 14.6. The minimum absolute atomic E-state index is 0.219. The van der Waals surface area contributed by atoms with Gasteiger partial charge in [-0.3, -0.25) is 4.21 Å². The summed E-state index contributed by atoms with van der Waals surface area (Å²) in [6.07, 6.45) is 0.403. The van der Waals surface area contributed by atoms with Gasteiger partial charge < -0.3 is 10.2 Å². The van der Waals surface area contributed by atoms with Crippen LogP contribution in [-0.2, 0) is 17.2 Å². The minimum atomic E-state index is -1.20.